The first-order chi connectivity index (χ1) is 20.7. The molecule has 0 aliphatic carbocycles. The molecule has 3 aliphatic rings. The molecule has 1 spiro atoms. The fourth-order valence-electron chi connectivity index (χ4n) is 7.20. The van der Waals surface area contributed by atoms with E-state index in [9.17, 15) is 19.5 Å². The fraction of sp³-hybridized carbons (Fsp3) is 0.424. The number of aliphatic hydroxyl groups excluding tert-OH is 1. The number of ether oxygens (including phenoxy) is 1. The van der Waals surface area contributed by atoms with Crippen molar-refractivity contribution in [1.82, 2.24) is 4.90 Å². The summed E-state index contributed by atoms with van der Waals surface area (Å²) < 4.78 is 4.74. The monoisotopic (exact) mass is 623 g/mol. The maximum atomic E-state index is 14.6. The van der Waals surface area contributed by atoms with Gasteiger partial charge in [0.1, 0.15) is 11.8 Å². The summed E-state index contributed by atoms with van der Waals surface area (Å²) in [4.78, 5) is 48.1. The highest BCUT2D eigenvalue weighted by atomic mass is 35.5. The lowest BCUT2D eigenvalue weighted by atomic mass is 9.65. The van der Waals surface area contributed by atoms with Gasteiger partial charge in [0.2, 0.25) is 11.8 Å². The molecule has 2 aromatic rings. The van der Waals surface area contributed by atoms with Crippen LogP contribution in [0.5, 0.6) is 5.75 Å². The van der Waals surface area contributed by atoms with Gasteiger partial charge in [-0.2, -0.15) is 0 Å². The zero-order valence-corrected chi connectivity index (χ0v) is 26.1. The van der Waals surface area contributed by atoms with Crippen molar-refractivity contribution in [3.05, 3.63) is 78.9 Å². The highest BCUT2D eigenvalue weighted by molar-refractivity contribution is 8.02. The molecule has 0 saturated carbocycles. The third-order valence-electron chi connectivity index (χ3n) is 8.86. The lowest BCUT2D eigenvalue weighted by Crippen LogP contribution is -2.58. The number of β-amino-alcohol motifs (C(OH)–C–C–N with tert-alkyl or cyclic N) is 1. The van der Waals surface area contributed by atoms with Crippen molar-refractivity contribution in [2.24, 2.45) is 17.8 Å². The Hall–Kier alpha value is -3.27. The molecule has 3 saturated heterocycles. The maximum Gasteiger partial charge on any atom is 0.251 e. The second-order valence-corrected chi connectivity index (χ2v) is 13.1. The van der Waals surface area contributed by atoms with Gasteiger partial charge in [-0.25, -0.2) is 0 Å². The molecule has 0 radical (unpaired) electrons. The van der Waals surface area contributed by atoms with E-state index in [1.165, 1.54) is 4.90 Å². The van der Waals surface area contributed by atoms with E-state index in [-0.39, 0.29) is 55.1 Å². The van der Waals surface area contributed by atoms with Gasteiger partial charge in [0, 0.05) is 30.6 Å². The number of aliphatic hydroxyl groups is 1. The lowest BCUT2D eigenvalue weighted by molar-refractivity contribution is -0.139. The Labute approximate surface area is 262 Å². The first-order valence-corrected chi connectivity index (χ1v) is 15.9. The number of amides is 3. The van der Waals surface area contributed by atoms with Crippen LogP contribution < -0.4 is 14.5 Å². The van der Waals surface area contributed by atoms with Crippen molar-refractivity contribution in [3.8, 4) is 5.75 Å². The number of para-hydroxylation sites is 1. The highest BCUT2D eigenvalue weighted by Gasteiger charge is 2.76. The number of anilines is 2. The molecular formula is C33H38ClN3O5S. The summed E-state index contributed by atoms with van der Waals surface area (Å²) in [7, 11) is 0. The predicted molar refractivity (Wildman–Crippen MR) is 172 cm³/mol. The van der Waals surface area contributed by atoms with Crippen molar-refractivity contribution in [2.45, 2.75) is 36.3 Å². The van der Waals surface area contributed by atoms with E-state index in [0.717, 1.165) is 0 Å². The van der Waals surface area contributed by atoms with Gasteiger partial charge < -0.3 is 24.5 Å². The molecule has 228 valence electrons. The Morgan fingerprint density at radius 2 is 1.79 bits per heavy atom. The minimum Gasteiger partial charge on any atom is -0.494 e. The third kappa shape index (κ3) is 5.15. The second-order valence-electron chi connectivity index (χ2n) is 11.2. The van der Waals surface area contributed by atoms with Crippen LogP contribution in [-0.2, 0) is 14.4 Å². The molecule has 0 aromatic heterocycles. The standard InChI is InChI=1S/C33H38ClN3O5S/c1-5-16-35(22-12-14-23(15-13-22)42-7-3)30(39)27-26-20-21(4)33(43-26)28(27)31(40)37(18-19-38)29(33)32(41)36(17-6-2)25-11-9-8-10-24(25)34/h5-6,8-15,21,26-29,38H,1-2,7,16-20H2,3-4H3/t21?,26-,27+,28+,29?,33?/m1/s1. The second kappa shape index (κ2) is 12.8. The van der Waals surface area contributed by atoms with Crippen molar-refractivity contribution in [2.75, 3.05) is 42.6 Å². The average Bonchev–Trinajstić information content (AvgIpc) is 3.59. The van der Waals surface area contributed by atoms with Gasteiger partial charge in [0.05, 0.1) is 40.5 Å². The van der Waals surface area contributed by atoms with Crippen LogP contribution in [0.3, 0.4) is 0 Å². The molecule has 1 N–H and O–H groups in total. The largest absolute Gasteiger partial charge is 0.494 e. The van der Waals surface area contributed by atoms with E-state index in [0.29, 0.717) is 35.2 Å². The number of hydrogen-bond acceptors (Lipinski definition) is 6. The Kier molecular flexibility index (Phi) is 9.25. The fourth-order valence-corrected chi connectivity index (χ4v) is 9.85. The van der Waals surface area contributed by atoms with Crippen LogP contribution in [0, 0.1) is 17.8 Å². The number of benzene rings is 2. The first-order valence-electron chi connectivity index (χ1n) is 14.7. The number of rotatable bonds is 12. The maximum absolute atomic E-state index is 14.6. The normalized spacial score (nSPS) is 27.1. The molecule has 3 fully saturated rings. The molecule has 3 heterocycles. The number of hydrogen-bond donors (Lipinski definition) is 1. The molecular weight excluding hydrogens is 586 g/mol. The zero-order chi connectivity index (χ0) is 30.9. The van der Waals surface area contributed by atoms with Crippen LogP contribution in [-0.4, -0.2) is 76.6 Å². The number of fused-ring (bicyclic) bond motifs is 1. The Morgan fingerprint density at radius 1 is 1.12 bits per heavy atom. The molecule has 2 bridgehead atoms. The summed E-state index contributed by atoms with van der Waals surface area (Å²) in [5, 5.41) is 10.3. The van der Waals surface area contributed by atoms with E-state index in [1.54, 1.807) is 58.0 Å². The SMILES string of the molecule is C=CCN(C(=O)[C@@H]1[C@H]2C(=O)N(CCO)C(C(=O)N(CC=C)c3ccccc3Cl)C23S[C@@H]1CC3C)c1ccc(OCC)cc1. The minimum atomic E-state index is -0.880. The molecule has 3 unspecified atom stereocenters. The first kappa shape index (κ1) is 31.2. The van der Waals surface area contributed by atoms with E-state index >= 15 is 0 Å². The molecule has 43 heavy (non-hydrogen) atoms. The van der Waals surface area contributed by atoms with Gasteiger partial charge in [-0.05, 0) is 55.7 Å². The summed E-state index contributed by atoms with van der Waals surface area (Å²) in [5.74, 6) is -1.39. The average molecular weight is 624 g/mol. The number of carbonyl (C=O) groups is 3. The number of halogens is 1. The molecule has 5 rings (SSSR count). The molecule has 6 atom stereocenters. The quantitative estimate of drug-likeness (QED) is 0.342. The smallest absolute Gasteiger partial charge is 0.251 e. The highest BCUT2D eigenvalue weighted by Crippen LogP contribution is 2.69. The summed E-state index contributed by atoms with van der Waals surface area (Å²) >= 11 is 8.14. The van der Waals surface area contributed by atoms with Crippen molar-refractivity contribution >= 4 is 52.5 Å². The summed E-state index contributed by atoms with van der Waals surface area (Å²) in [6, 6.07) is 13.5. The predicted octanol–water partition coefficient (Wildman–Crippen LogP) is 4.81. The van der Waals surface area contributed by atoms with Gasteiger partial charge in [0.25, 0.3) is 5.91 Å². The van der Waals surface area contributed by atoms with Crippen molar-refractivity contribution < 1.29 is 24.2 Å². The van der Waals surface area contributed by atoms with Crippen LogP contribution in [0.4, 0.5) is 11.4 Å². The Bertz CT molecular complexity index is 1400. The van der Waals surface area contributed by atoms with E-state index in [4.69, 9.17) is 16.3 Å². The van der Waals surface area contributed by atoms with Crippen LogP contribution in [0.1, 0.15) is 20.3 Å². The Balaban J connectivity index is 1.56. The number of thioether (sulfide) groups is 1. The van der Waals surface area contributed by atoms with Crippen LogP contribution in [0.15, 0.2) is 73.8 Å². The molecule has 3 aliphatic heterocycles. The molecule has 8 nitrogen and oxygen atoms in total. The van der Waals surface area contributed by atoms with E-state index in [2.05, 4.69) is 20.1 Å². The van der Waals surface area contributed by atoms with E-state index < -0.39 is 22.6 Å². The van der Waals surface area contributed by atoms with Gasteiger partial charge in [0.15, 0.2) is 0 Å². The van der Waals surface area contributed by atoms with E-state index in [1.807, 2.05) is 31.2 Å². The number of carbonyl (C=O) groups excluding carboxylic acids is 3. The summed E-state index contributed by atoms with van der Waals surface area (Å²) in [5.41, 5.74) is 1.21. The summed E-state index contributed by atoms with van der Waals surface area (Å²) in [6.45, 7) is 12.4. The van der Waals surface area contributed by atoms with Crippen LogP contribution >= 0.6 is 23.4 Å². The van der Waals surface area contributed by atoms with Crippen molar-refractivity contribution in [3.63, 3.8) is 0 Å². The zero-order valence-electron chi connectivity index (χ0n) is 24.5. The molecule has 10 heteroatoms. The van der Waals surface area contributed by atoms with Crippen LogP contribution in [0.25, 0.3) is 0 Å². The Morgan fingerprint density at radius 3 is 2.42 bits per heavy atom. The number of nitrogens with zero attached hydrogens (tertiary/aromatic N) is 3. The third-order valence-corrected chi connectivity index (χ3v) is 11.3. The van der Waals surface area contributed by atoms with Gasteiger partial charge in [-0.15, -0.1) is 24.9 Å². The van der Waals surface area contributed by atoms with Gasteiger partial charge in [-0.1, -0.05) is 42.8 Å². The topological polar surface area (TPSA) is 90.4 Å². The van der Waals surface area contributed by atoms with Crippen LogP contribution in [0.2, 0.25) is 5.02 Å². The van der Waals surface area contributed by atoms with Gasteiger partial charge >= 0.3 is 0 Å². The van der Waals surface area contributed by atoms with Crippen molar-refractivity contribution in [1.29, 1.82) is 0 Å². The summed E-state index contributed by atoms with van der Waals surface area (Å²) in [6.07, 6.45) is 3.99. The minimum absolute atomic E-state index is 0.00788. The van der Waals surface area contributed by atoms with Gasteiger partial charge in [-0.3, -0.25) is 14.4 Å². The lowest BCUT2D eigenvalue weighted by Gasteiger charge is -2.41. The molecule has 3 amide bonds. The number of likely N-dealkylation sites (tertiary alicyclic amines) is 1. The molecule has 2 aromatic carbocycles.